The SMILES string of the molecule is CNC(Cc1ccc(F)cc1)c1c(F)cccc1Cl. The number of hydrogen-bond donors (Lipinski definition) is 1. The highest BCUT2D eigenvalue weighted by atomic mass is 35.5. The van der Waals surface area contributed by atoms with Gasteiger partial charge in [-0.2, -0.15) is 0 Å². The fourth-order valence-corrected chi connectivity index (χ4v) is 2.34. The second-order valence-electron chi connectivity index (χ2n) is 4.31. The van der Waals surface area contributed by atoms with Crippen LogP contribution in [0.25, 0.3) is 0 Å². The van der Waals surface area contributed by atoms with E-state index >= 15 is 0 Å². The van der Waals surface area contributed by atoms with Gasteiger partial charge in [-0.1, -0.05) is 29.8 Å². The summed E-state index contributed by atoms with van der Waals surface area (Å²) < 4.78 is 26.7. The number of benzene rings is 2. The minimum Gasteiger partial charge on any atom is -0.313 e. The van der Waals surface area contributed by atoms with E-state index in [-0.39, 0.29) is 17.7 Å². The third-order valence-electron chi connectivity index (χ3n) is 3.05. The third-order valence-corrected chi connectivity index (χ3v) is 3.38. The van der Waals surface area contributed by atoms with Crippen LogP contribution < -0.4 is 5.32 Å². The van der Waals surface area contributed by atoms with Gasteiger partial charge in [-0.3, -0.25) is 0 Å². The van der Waals surface area contributed by atoms with Gasteiger partial charge < -0.3 is 5.32 Å². The molecule has 0 amide bonds. The number of halogens is 3. The summed E-state index contributed by atoms with van der Waals surface area (Å²) in [7, 11) is 1.75. The van der Waals surface area contributed by atoms with Gasteiger partial charge in [0, 0.05) is 16.6 Å². The van der Waals surface area contributed by atoms with Crippen LogP contribution in [0.4, 0.5) is 8.78 Å². The van der Waals surface area contributed by atoms with Gasteiger partial charge in [0.25, 0.3) is 0 Å². The Morgan fingerprint density at radius 3 is 2.37 bits per heavy atom. The smallest absolute Gasteiger partial charge is 0.129 e. The zero-order valence-corrected chi connectivity index (χ0v) is 11.2. The molecule has 0 aliphatic carbocycles. The van der Waals surface area contributed by atoms with Gasteiger partial charge in [0.05, 0.1) is 0 Å². The largest absolute Gasteiger partial charge is 0.313 e. The van der Waals surface area contributed by atoms with E-state index in [1.54, 1.807) is 31.3 Å². The molecule has 2 rings (SSSR count). The molecule has 0 fully saturated rings. The molecule has 0 heterocycles. The Labute approximate surface area is 116 Å². The van der Waals surface area contributed by atoms with Crippen molar-refractivity contribution in [3.8, 4) is 0 Å². The Hall–Kier alpha value is -1.45. The van der Waals surface area contributed by atoms with Crippen LogP contribution >= 0.6 is 11.6 Å². The molecule has 0 bridgehead atoms. The molecular formula is C15H14ClF2N. The maximum absolute atomic E-state index is 13.9. The van der Waals surface area contributed by atoms with Crippen LogP contribution in [0.5, 0.6) is 0 Å². The lowest BCUT2D eigenvalue weighted by Gasteiger charge is -2.18. The second kappa shape index (κ2) is 6.13. The lowest BCUT2D eigenvalue weighted by atomic mass is 9.98. The van der Waals surface area contributed by atoms with E-state index in [1.165, 1.54) is 18.2 Å². The molecule has 1 atom stereocenters. The first-order chi connectivity index (χ1) is 9.11. The van der Waals surface area contributed by atoms with E-state index in [9.17, 15) is 8.78 Å². The molecule has 0 aliphatic heterocycles. The van der Waals surface area contributed by atoms with Crippen LogP contribution in [-0.2, 0) is 6.42 Å². The Morgan fingerprint density at radius 2 is 1.79 bits per heavy atom. The number of hydrogen-bond acceptors (Lipinski definition) is 1. The van der Waals surface area contributed by atoms with Crippen molar-refractivity contribution < 1.29 is 8.78 Å². The zero-order chi connectivity index (χ0) is 13.8. The summed E-state index contributed by atoms with van der Waals surface area (Å²) in [5.41, 5.74) is 1.36. The molecule has 0 spiro atoms. The molecule has 2 aromatic carbocycles. The molecular weight excluding hydrogens is 268 g/mol. The van der Waals surface area contributed by atoms with Crippen LogP contribution in [0.15, 0.2) is 42.5 Å². The Morgan fingerprint density at radius 1 is 1.11 bits per heavy atom. The summed E-state index contributed by atoms with van der Waals surface area (Å²) in [5.74, 6) is -0.623. The summed E-state index contributed by atoms with van der Waals surface area (Å²) in [6.07, 6.45) is 0.539. The van der Waals surface area contributed by atoms with Gasteiger partial charge in [0.1, 0.15) is 11.6 Å². The summed E-state index contributed by atoms with van der Waals surface area (Å²) in [6, 6.07) is 10.5. The normalized spacial score (nSPS) is 12.4. The third kappa shape index (κ3) is 3.31. The fraction of sp³-hybridized carbons (Fsp3) is 0.200. The molecule has 0 radical (unpaired) electrons. The predicted octanol–water partition coefficient (Wildman–Crippen LogP) is 4.12. The standard InChI is InChI=1S/C15H14ClF2N/c1-19-14(9-10-5-7-11(17)8-6-10)15-12(16)3-2-4-13(15)18/h2-8,14,19H,9H2,1H3. The van der Waals surface area contributed by atoms with Gasteiger partial charge in [-0.25, -0.2) is 8.78 Å². The molecule has 1 N–H and O–H groups in total. The quantitative estimate of drug-likeness (QED) is 0.889. The number of nitrogens with one attached hydrogen (secondary N) is 1. The minimum atomic E-state index is -0.339. The van der Waals surface area contributed by atoms with Crippen molar-refractivity contribution in [1.29, 1.82) is 0 Å². The molecule has 0 saturated heterocycles. The first-order valence-electron chi connectivity index (χ1n) is 5.97. The number of rotatable bonds is 4. The second-order valence-corrected chi connectivity index (χ2v) is 4.71. The fourth-order valence-electron chi connectivity index (χ4n) is 2.05. The van der Waals surface area contributed by atoms with E-state index in [4.69, 9.17) is 11.6 Å². The molecule has 4 heteroatoms. The van der Waals surface area contributed by atoms with Crippen molar-refractivity contribution in [2.24, 2.45) is 0 Å². The molecule has 0 aliphatic rings. The summed E-state index contributed by atoms with van der Waals surface area (Å²) in [6.45, 7) is 0. The van der Waals surface area contributed by atoms with Crippen molar-refractivity contribution in [2.45, 2.75) is 12.5 Å². The predicted molar refractivity (Wildman–Crippen MR) is 73.3 cm³/mol. The van der Waals surface area contributed by atoms with Crippen molar-refractivity contribution >= 4 is 11.6 Å². The molecule has 2 aromatic rings. The van der Waals surface area contributed by atoms with Crippen molar-refractivity contribution in [3.63, 3.8) is 0 Å². The van der Waals surface area contributed by atoms with Crippen LogP contribution in [0.1, 0.15) is 17.2 Å². The van der Waals surface area contributed by atoms with Crippen LogP contribution in [-0.4, -0.2) is 7.05 Å². The van der Waals surface area contributed by atoms with Crippen molar-refractivity contribution in [1.82, 2.24) is 5.32 Å². The molecule has 100 valence electrons. The maximum atomic E-state index is 13.9. The number of likely N-dealkylation sites (N-methyl/N-ethyl adjacent to an activating group) is 1. The first-order valence-corrected chi connectivity index (χ1v) is 6.35. The molecule has 1 unspecified atom stereocenters. The highest BCUT2D eigenvalue weighted by Gasteiger charge is 2.17. The van der Waals surface area contributed by atoms with E-state index in [0.29, 0.717) is 17.0 Å². The molecule has 0 aromatic heterocycles. The minimum absolute atomic E-state index is 0.251. The van der Waals surface area contributed by atoms with Gasteiger partial charge in [-0.15, -0.1) is 0 Å². The van der Waals surface area contributed by atoms with Crippen LogP contribution in [0.2, 0.25) is 5.02 Å². The van der Waals surface area contributed by atoms with Gasteiger partial charge >= 0.3 is 0 Å². The average Bonchev–Trinajstić information content (AvgIpc) is 2.39. The monoisotopic (exact) mass is 281 g/mol. The summed E-state index contributed by atoms with van der Waals surface area (Å²) >= 11 is 6.05. The average molecular weight is 282 g/mol. The highest BCUT2D eigenvalue weighted by Crippen LogP contribution is 2.28. The summed E-state index contributed by atoms with van der Waals surface area (Å²) in [4.78, 5) is 0. The zero-order valence-electron chi connectivity index (χ0n) is 10.5. The topological polar surface area (TPSA) is 12.0 Å². The van der Waals surface area contributed by atoms with Gasteiger partial charge in [0.15, 0.2) is 0 Å². The van der Waals surface area contributed by atoms with E-state index in [1.807, 2.05) is 0 Å². The van der Waals surface area contributed by atoms with Crippen molar-refractivity contribution in [2.75, 3.05) is 7.05 Å². The van der Waals surface area contributed by atoms with Crippen LogP contribution in [0.3, 0.4) is 0 Å². The van der Waals surface area contributed by atoms with Gasteiger partial charge in [-0.05, 0) is 43.3 Å². The van der Waals surface area contributed by atoms with Crippen LogP contribution in [0, 0.1) is 11.6 Å². The molecule has 19 heavy (non-hydrogen) atoms. The molecule has 0 saturated carbocycles. The lowest BCUT2D eigenvalue weighted by Crippen LogP contribution is -2.20. The first kappa shape index (κ1) is 14.0. The van der Waals surface area contributed by atoms with E-state index < -0.39 is 0 Å². The van der Waals surface area contributed by atoms with E-state index in [2.05, 4.69) is 5.32 Å². The Balaban J connectivity index is 2.27. The maximum Gasteiger partial charge on any atom is 0.129 e. The van der Waals surface area contributed by atoms with Crippen molar-refractivity contribution in [3.05, 3.63) is 70.2 Å². The highest BCUT2D eigenvalue weighted by molar-refractivity contribution is 6.31. The summed E-state index contributed by atoms with van der Waals surface area (Å²) in [5, 5.41) is 3.44. The van der Waals surface area contributed by atoms with E-state index in [0.717, 1.165) is 5.56 Å². The Kier molecular flexibility index (Phi) is 4.51. The molecule has 1 nitrogen and oxygen atoms in total. The lowest BCUT2D eigenvalue weighted by molar-refractivity contribution is 0.533. The Bertz CT molecular complexity index is 534. The van der Waals surface area contributed by atoms with Gasteiger partial charge in [0.2, 0.25) is 0 Å².